The Hall–Kier alpha value is -3.81. The molecule has 3 aromatic rings. The van der Waals surface area contributed by atoms with Gasteiger partial charge in [-0.3, -0.25) is 4.79 Å². The van der Waals surface area contributed by atoms with E-state index in [0.717, 1.165) is 11.3 Å². The average molecular weight is 452 g/mol. The fraction of sp³-hybridized carbons (Fsp3) is 0.320. The van der Waals surface area contributed by atoms with Crippen molar-refractivity contribution in [1.82, 2.24) is 15.1 Å². The van der Waals surface area contributed by atoms with Crippen molar-refractivity contribution in [2.24, 2.45) is 5.92 Å². The van der Waals surface area contributed by atoms with Gasteiger partial charge >= 0.3 is 5.97 Å². The monoisotopic (exact) mass is 451 g/mol. The van der Waals surface area contributed by atoms with Crippen molar-refractivity contribution in [2.75, 3.05) is 14.2 Å². The fourth-order valence-electron chi connectivity index (χ4n) is 3.58. The maximum absolute atomic E-state index is 13.0. The predicted molar refractivity (Wildman–Crippen MR) is 125 cm³/mol. The van der Waals surface area contributed by atoms with Crippen LogP contribution in [0.25, 0.3) is 16.9 Å². The highest BCUT2D eigenvalue weighted by Crippen LogP contribution is 2.39. The van der Waals surface area contributed by atoms with Crippen LogP contribution in [0.4, 0.5) is 0 Å². The Kier molecular flexibility index (Phi) is 7.37. The van der Waals surface area contributed by atoms with E-state index >= 15 is 0 Å². The summed E-state index contributed by atoms with van der Waals surface area (Å²) in [6.45, 7) is 5.79. The molecule has 0 saturated carbocycles. The molecule has 2 aromatic carbocycles. The van der Waals surface area contributed by atoms with Crippen molar-refractivity contribution in [3.05, 3.63) is 59.8 Å². The number of nitrogens with one attached hydrogen (secondary N) is 1. The van der Waals surface area contributed by atoms with E-state index in [1.807, 2.05) is 51.1 Å². The van der Waals surface area contributed by atoms with Crippen LogP contribution in [-0.4, -0.2) is 47.0 Å². The second kappa shape index (κ2) is 10.2. The number of methoxy groups -OCH3 is 2. The first-order valence-corrected chi connectivity index (χ1v) is 10.7. The normalized spacial score (nSPS) is 11.8. The first-order valence-electron chi connectivity index (χ1n) is 10.7. The van der Waals surface area contributed by atoms with Crippen LogP contribution in [0.5, 0.6) is 11.5 Å². The van der Waals surface area contributed by atoms with E-state index in [1.54, 1.807) is 37.1 Å². The molecule has 33 heavy (non-hydrogen) atoms. The van der Waals surface area contributed by atoms with E-state index < -0.39 is 17.9 Å². The smallest absolute Gasteiger partial charge is 0.326 e. The molecular weight excluding hydrogens is 422 g/mol. The van der Waals surface area contributed by atoms with Gasteiger partial charge in [0.15, 0.2) is 5.69 Å². The lowest BCUT2D eigenvalue weighted by Gasteiger charge is -2.15. The molecule has 0 aliphatic carbocycles. The Bertz CT molecular complexity index is 1110. The van der Waals surface area contributed by atoms with Crippen LogP contribution in [-0.2, 0) is 4.79 Å². The van der Waals surface area contributed by atoms with Crippen molar-refractivity contribution in [1.29, 1.82) is 0 Å². The van der Waals surface area contributed by atoms with E-state index in [-0.39, 0.29) is 11.6 Å². The first kappa shape index (κ1) is 23.8. The zero-order valence-corrected chi connectivity index (χ0v) is 19.5. The maximum Gasteiger partial charge on any atom is 0.326 e. The molecule has 1 aromatic heterocycles. The number of hydrogen-bond donors (Lipinski definition) is 2. The minimum Gasteiger partial charge on any atom is -0.496 e. The third kappa shape index (κ3) is 5.34. The van der Waals surface area contributed by atoms with Gasteiger partial charge in [-0.15, -0.1) is 0 Å². The molecule has 1 heterocycles. The third-order valence-corrected chi connectivity index (χ3v) is 5.22. The molecule has 0 fully saturated rings. The largest absolute Gasteiger partial charge is 0.496 e. The van der Waals surface area contributed by atoms with Gasteiger partial charge in [0.05, 0.1) is 31.2 Å². The van der Waals surface area contributed by atoms with Gasteiger partial charge in [-0.25, -0.2) is 9.48 Å². The first-order chi connectivity index (χ1) is 15.7. The summed E-state index contributed by atoms with van der Waals surface area (Å²) in [5.74, 6) is -0.439. The van der Waals surface area contributed by atoms with Crippen LogP contribution in [0, 0.1) is 12.8 Å². The number of rotatable bonds is 9. The molecule has 1 amide bonds. The molecule has 0 aliphatic heterocycles. The number of aryl methyl sites for hydroxylation is 1. The lowest BCUT2D eigenvalue weighted by Crippen LogP contribution is -2.41. The number of carbonyl (C=O) groups is 2. The second-order valence-electron chi connectivity index (χ2n) is 8.19. The summed E-state index contributed by atoms with van der Waals surface area (Å²) >= 11 is 0. The number of aromatic nitrogens is 2. The van der Waals surface area contributed by atoms with Gasteiger partial charge in [-0.05, 0) is 49.6 Å². The van der Waals surface area contributed by atoms with E-state index in [4.69, 9.17) is 9.47 Å². The average Bonchev–Trinajstić information content (AvgIpc) is 3.23. The number of amides is 1. The maximum atomic E-state index is 13.0. The molecule has 1 atom stereocenters. The minimum absolute atomic E-state index is 0.0912. The molecule has 8 heteroatoms. The lowest BCUT2D eigenvalue weighted by atomic mass is 10.0. The van der Waals surface area contributed by atoms with Crippen LogP contribution in [0.15, 0.2) is 48.5 Å². The van der Waals surface area contributed by atoms with Crippen LogP contribution >= 0.6 is 0 Å². The van der Waals surface area contributed by atoms with Crippen LogP contribution in [0.1, 0.15) is 36.3 Å². The fourth-order valence-corrected chi connectivity index (χ4v) is 3.58. The van der Waals surface area contributed by atoms with Crippen molar-refractivity contribution < 1.29 is 24.2 Å². The quantitative estimate of drug-likeness (QED) is 0.508. The minimum atomic E-state index is -1.08. The summed E-state index contributed by atoms with van der Waals surface area (Å²) in [7, 11) is 3.11. The van der Waals surface area contributed by atoms with Gasteiger partial charge in [0, 0.05) is 0 Å². The number of aliphatic carboxylic acids is 1. The summed E-state index contributed by atoms with van der Waals surface area (Å²) in [5.41, 5.74) is 3.12. The summed E-state index contributed by atoms with van der Waals surface area (Å²) < 4.78 is 12.8. The summed E-state index contributed by atoms with van der Waals surface area (Å²) in [6, 6.07) is 13.7. The van der Waals surface area contributed by atoms with Gasteiger partial charge in [0.1, 0.15) is 17.5 Å². The Morgan fingerprint density at radius 1 is 1.06 bits per heavy atom. The number of benzene rings is 2. The van der Waals surface area contributed by atoms with Crippen molar-refractivity contribution in [2.45, 2.75) is 33.2 Å². The highest BCUT2D eigenvalue weighted by Gasteiger charge is 2.26. The van der Waals surface area contributed by atoms with Gasteiger partial charge in [-0.2, -0.15) is 5.10 Å². The topological polar surface area (TPSA) is 103 Å². The molecular formula is C25H29N3O5. The van der Waals surface area contributed by atoms with Gasteiger partial charge in [0.2, 0.25) is 0 Å². The Morgan fingerprint density at radius 3 is 2.18 bits per heavy atom. The summed E-state index contributed by atoms with van der Waals surface area (Å²) in [5, 5.41) is 16.6. The number of carboxylic acids is 1. The van der Waals surface area contributed by atoms with Crippen molar-refractivity contribution >= 4 is 11.9 Å². The standard InChI is InChI=1S/C25H29N3O5/c1-15(2)13-19(25(30)31)26-24(29)18-14-20(23-21(32-4)7-6-8-22(23)33-5)28(27-18)17-11-9-16(3)10-12-17/h6-12,14-15,19H,13H2,1-5H3,(H,26,29)(H,30,31)/t19-/m0/s1. The van der Waals surface area contributed by atoms with E-state index in [0.29, 0.717) is 29.2 Å². The Morgan fingerprint density at radius 2 is 1.67 bits per heavy atom. The molecule has 174 valence electrons. The molecule has 0 bridgehead atoms. The number of carboxylic acid groups (broad SMARTS) is 1. The number of carbonyl (C=O) groups excluding carboxylic acids is 1. The van der Waals surface area contributed by atoms with Crippen molar-refractivity contribution in [3.63, 3.8) is 0 Å². The molecule has 3 rings (SSSR count). The van der Waals surface area contributed by atoms with E-state index in [2.05, 4.69) is 10.4 Å². The zero-order valence-electron chi connectivity index (χ0n) is 19.5. The number of nitrogens with zero attached hydrogens (tertiary/aromatic N) is 2. The van der Waals surface area contributed by atoms with Gasteiger partial charge < -0.3 is 19.9 Å². The zero-order chi connectivity index (χ0) is 24.1. The Labute approximate surface area is 193 Å². The molecule has 0 radical (unpaired) electrons. The second-order valence-corrected chi connectivity index (χ2v) is 8.19. The van der Waals surface area contributed by atoms with Crippen LogP contribution in [0.2, 0.25) is 0 Å². The lowest BCUT2D eigenvalue weighted by molar-refractivity contribution is -0.139. The SMILES string of the molecule is COc1cccc(OC)c1-c1cc(C(=O)N[C@@H](CC(C)C)C(=O)O)nn1-c1ccc(C)cc1. The van der Waals surface area contributed by atoms with Crippen LogP contribution < -0.4 is 14.8 Å². The predicted octanol–water partition coefficient (Wildman–Crippen LogP) is 4.09. The van der Waals surface area contributed by atoms with Crippen molar-refractivity contribution in [3.8, 4) is 28.4 Å². The Balaban J connectivity index is 2.13. The van der Waals surface area contributed by atoms with Crippen LogP contribution in [0.3, 0.4) is 0 Å². The molecule has 8 nitrogen and oxygen atoms in total. The molecule has 0 aliphatic rings. The molecule has 0 saturated heterocycles. The molecule has 0 unspecified atom stereocenters. The van der Waals surface area contributed by atoms with Gasteiger partial charge in [0.25, 0.3) is 5.91 Å². The molecule has 2 N–H and O–H groups in total. The highest BCUT2D eigenvalue weighted by atomic mass is 16.5. The number of hydrogen-bond acceptors (Lipinski definition) is 5. The third-order valence-electron chi connectivity index (χ3n) is 5.22. The van der Waals surface area contributed by atoms with E-state index in [1.165, 1.54) is 0 Å². The molecule has 0 spiro atoms. The van der Waals surface area contributed by atoms with Gasteiger partial charge in [-0.1, -0.05) is 37.6 Å². The summed E-state index contributed by atoms with van der Waals surface area (Å²) in [6.07, 6.45) is 0.312. The highest BCUT2D eigenvalue weighted by molar-refractivity contribution is 5.96. The number of ether oxygens (including phenoxy) is 2. The summed E-state index contributed by atoms with van der Waals surface area (Å²) in [4.78, 5) is 24.7. The van der Waals surface area contributed by atoms with E-state index in [9.17, 15) is 14.7 Å².